The molecule has 0 unspecified atom stereocenters. The fourth-order valence-electron chi connectivity index (χ4n) is 3.49. The summed E-state index contributed by atoms with van der Waals surface area (Å²) in [6, 6.07) is 8.32. The predicted molar refractivity (Wildman–Crippen MR) is 129 cm³/mol. The lowest BCUT2D eigenvalue weighted by Crippen LogP contribution is -2.45. The van der Waals surface area contributed by atoms with E-state index in [1.165, 1.54) is 6.07 Å². The first-order valence-corrected chi connectivity index (χ1v) is 13.5. The number of hydrogen-bond acceptors (Lipinski definition) is 9. The SMILES string of the molecule is CN(C)CCCOc1ccc(C[C@H](NS(=O)(=O)c2cccs2)C(=O)OC(=O)[C@@H]2CCCN2)cc1. The molecule has 2 heterocycles. The molecular formula is C23H31N3O6S2. The van der Waals surface area contributed by atoms with Crippen molar-refractivity contribution in [1.82, 2.24) is 14.9 Å². The van der Waals surface area contributed by atoms with Crippen LogP contribution in [0, 0.1) is 0 Å². The van der Waals surface area contributed by atoms with E-state index in [0.29, 0.717) is 30.9 Å². The fraction of sp³-hybridized carbons (Fsp3) is 0.478. The molecule has 186 valence electrons. The van der Waals surface area contributed by atoms with E-state index in [1.54, 1.807) is 35.7 Å². The van der Waals surface area contributed by atoms with Gasteiger partial charge in [0.1, 0.15) is 22.0 Å². The molecule has 1 fully saturated rings. The molecule has 0 radical (unpaired) electrons. The summed E-state index contributed by atoms with van der Waals surface area (Å²) in [7, 11) is 0.0473. The quantitative estimate of drug-likeness (QED) is 0.253. The number of thiophene rings is 1. The molecule has 1 aliphatic rings. The Kier molecular flexibility index (Phi) is 9.60. The van der Waals surface area contributed by atoms with Crippen LogP contribution in [-0.4, -0.2) is 71.1 Å². The van der Waals surface area contributed by atoms with Crippen LogP contribution in [0.25, 0.3) is 0 Å². The van der Waals surface area contributed by atoms with Gasteiger partial charge in [-0.2, -0.15) is 4.72 Å². The molecule has 0 aliphatic carbocycles. The zero-order chi connectivity index (χ0) is 24.6. The molecule has 0 spiro atoms. The number of hydrogen-bond donors (Lipinski definition) is 2. The highest BCUT2D eigenvalue weighted by molar-refractivity contribution is 7.91. The van der Waals surface area contributed by atoms with Crippen molar-refractivity contribution in [2.75, 3.05) is 33.8 Å². The fourth-order valence-corrected chi connectivity index (χ4v) is 5.68. The minimum absolute atomic E-state index is 0.0235. The molecule has 2 atom stereocenters. The van der Waals surface area contributed by atoms with Crippen molar-refractivity contribution < 1.29 is 27.5 Å². The molecule has 11 heteroatoms. The Morgan fingerprint density at radius 3 is 2.62 bits per heavy atom. The summed E-state index contributed by atoms with van der Waals surface area (Å²) in [5.74, 6) is -0.935. The van der Waals surface area contributed by atoms with Gasteiger partial charge in [-0.25, -0.2) is 18.0 Å². The lowest BCUT2D eigenvalue weighted by atomic mass is 10.1. The van der Waals surface area contributed by atoms with Crippen LogP contribution < -0.4 is 14.8 Å². The van der Waals surface area contributed by atoms with Gasteiger partial charge in [-0.3, -0.25) is 0 Å². The summed E-state index contributed by atoms with van der Waals surface area (Å²) in [5.41, 5.74) is 0.697. The molecule has 34 heavy (non-hydrogen) atoms. The second-order valence-corrected chi connectivity index (χ2v) is 11.2. The predicted octanol–water partition coefficient (Wildman–Crippen LogP) is 1.79. The molecule has 0 amide bonds. The van der Waals surface area contributed by atoms with Crippen molar-refractivity contribution in [2.45, 2.75) is 42.0 Å². The molecule has 0 bridgehead atoms. The number of benzene rings is 1. The van der Waals surface area contributed by atoms with Crippen molar-refractivity contribution in [3.05, 3.63) is 47.3 Å². The van der Waals surface area contributed by atoms with E-state index >= 15 is 0 Å². The summed E-state index contributed by atoms with van der Waals surface area (Å²) in [5, 5.41) is 4.61. The van der Waals surface area contributed by atoms with Gasteiger partial charge in [0.15, 0.2) is 0 Å². The molecule has 3 rings (SSSR count). The molecule has 1 aromatic carbocycles. The molecule has 1 aromatic heterocycles. The van der Waals surface area contributed by atoms with E-state index in [1.807, 2.05) is 14.1 Å². The van der Waals surface area contributed by atoms with Gasteiger partial charge in [0, 0.05) is 6.54 Å². The van der Waals surface area contributed by atoms with E-state index in [9.17, 15) is 18.0 Å². The van der Waals surface area contributed by atoms with Gasteiger partial charge in [-0.15, -0.1) is 11.3 Å². The average molecular weight is 510 g/mol. The minimum atomic E-state index is -3.95. The molecule has 1 aliphatic heterocycles. The van der Waals surface area contributed by atoms with Gasteiger partial charge >= 0.3 is 11.9 Å². The van der Waals surface area contributed by atoms with Gasteiger partial charge in [-0.1, -0.05) is 18.2 Å². The lowest BCUT2D eigenvalue weighted by Gasteiger charge is -2.18. The number of carbonyl (C=O) groups excluding carboxylic acids is 2. The highest BCUT2D eigenvalue weighted by atomic mass is 32.2. The first-order valence-electron chi connectivity index (χ1n) is 11.2. The Morgan fingerprint density at radius 2 is 2.00 bits per heavy atom. The number of carbonyl (C=O) groups is 2. The van der Waals surface area contributed by atoms with Crippen LogP contribution >= 0.6 is 11.3 Å². The molecule has 9 nitrogen and oxygen atoms in total. The van der Waals surface area contributed by atoms with Crippen molar-refractivity contribution in [2.24, 2.45) is 0 Å². The van der Waals surface area contributed by atoms with Gasteiger partial charge in [0.25, 0.3) is 10.0 Å². The summed E-state index contributed by atoms with van der Waals surface area (Å²) in [6.07, 6.45) is 2.30. The number of rotatable bonds is 12. The molecule has 1 saturated heterocycles. The Labute approximate surface area is 204 Å². The van der Waals surface area contributed by atoms with Crippen molar-refractivity contribution >= 4 is 33.3 Å². The Balaban J connectivity index is 1.67. The van der Waals surface area contributed by atoms with Crippen LogP contribution in [0.15, 0.2) is 46.0 Å². The maximum absolute atomic E-state index is 12.8. The summed E-state index contributed by atoms with van der Waals surface area (Å²) >= 11 is 1.04. The third-order valence-corrected chi connectivity index (χ3v) is 8.14. The Bertz CT molecular complexity index is 1030. The highest BCUT2D eigenvalue weighted by Gasteiger charge is 2.32. The largest absolute Gasteiger partial charge is 0.494 e. The maximum atomic E-state index is 12.8. The van der Waals surface area contributed by atoms with Gasteiger partial charge in [-0.05, 0) is 75.5 Å². The third-order valence-electron chi connectivity index (χ3n) is 5.27. The van der Waals surface area contributed by atoms with Crippen molar-refractivity contribution in [3.63, 3.8) is 0 Å². The smallest absolute Gasteiger partial charge is 0.332 e. The van der Waals surface area contributed by atoms with Gasteiger partial charge in [0.05, 0.1) is 6.61 Å². The molecule has 2 aromatic rings. The standard InChI is InChI=1S/C23H31N3O6S2/c1-26(2)13-5-14-31-18-10-8-17(9-11-18)16-20(25-34(29,30)21-7-4-15-33-21)23(28)32-22(27)19-6-3-12-24-19/h4,7-11,15,19-20,24-25H,3,5-6,12-14,16H2,1-2H3/t19-,20-/m0/s1. The topological polar surface area (TPSA) is 114 Å². The summed E-state index contributed by atoms with van der Waals surface area (Å²) < 4.78 is 38.8. The maximum Gasteiger partial charge on any atom is 0.332 e. The zero-order valence-electron chi connectivity index (χ0n) is 19.4. The molecular weight excluding hydrogens is 478 g/mol. The first-order chi connectivity index (χ1) is 16.2. The monoisotopic (exact) mass is 509 g/mol. The van der Waals surface area contributed by atoms with E-state index in [4.69, 9.17) is 9.47 Å². The van der Waals surface area contributed by atoms with Crippen LogP contribution in [0.4, 0.5) is 0 Å². The number of nitrogens with one attached hydrogen (secondary N) is 2. The highest BCUT2D eigenvalue weighted by Crippen LogP contribution is 2.19. The lowest BCUT2D eigenvalue weighted by molar-refractivity contribution is -0.162. The number of ether oxygens (including phenoxy) is 2. The number of esters is 2. The first kappa shape index (κ1) is 26.3. The molecule has 0 saturated carbocycles. The Hall–Kier alpha value is -2.31. The second-order valence-electron chi connectivity index (χ2n) is 8.35. The summed E-state index contributed by atoms with van der Waals surface area (Å²) in [6.45, 7) is 2.16. The van der Waals surface area contributed by atoms with E-state index < -0.39 is 34.0 Å². The molecule has 2 N–H and O–H groups in total. The van der Waals surface area contributed by atoms with Crippen LogP contribution in [0.5, 0.6) is 5.75 Å². The van der Waals surface area contributed by atoms with Crippen LogP contribution in [0.3, 0.4) is 0 Å². The van der Waals surface area contributed by atoms with Crippen LogP contribution in [0.2, 0.25) is 0 Å². The second kappa shape index (κ2) is 12.4. The zero-order valence-corrected chi connectivity index (χ0v) is 21.0. The van der Waals surface area contributed by atoms with Gasteiger partial charge in [0.2, 0.25) is 0 Å². The van der Waals surface area contributed by atoms with E-state index in [2.05, 4.69) is 14.9 Å². The average Bonchev–Trinajstić information content (AvgIpc) is 3.52. The third kappa shape index (κ3) is 7.88. The van der Waals surface area contributed by atoms with Crippen LogP contribution in [-0.2, 0) is 30.8 Å². The van der Waals surface area contributed by atoms with E-state index in [-0.39, 0.29) is 10.6 Å². The number of sulfonamides is 1. The van der Waals surface area contributed by atoms with Gasteiger partial charge < -0.3 is 19.7 Å². The van der Waals surface area contributed by atoms with E-state index in [0.717, 1.165) is 30.7 Å². The minimum Gasteiger partial charge on any atom is -0.494 e. The normalized spacial score (nSPS) is 17.0. The Morgan fingerprint density at radius 1 is 1.24 bits per heavy atom. The summed E-state index contributed by atoms with van der Waals surface area (Å²) in [4.78, 5) is 27.2. The number of nitrogens with zero attached hydrogens (tertiary/aromatic N) is 1. The van der Waals surface area contributed by atoms with Crippen molar-refractivity contribution in [1.29, 1.82) is 0 Å². The van der Waals surface area contributed by atoms with Crippen LogP contribution in [0.1, 0.15) is 24.8 Å². The van der Waals surface area contributed by atoms with Crippen molar-refractivity contribution in [3.8, 4) is 5.75 Å².